The van der Waals surface area contributed by atoms with Crippen LogP contribution in [0.5, 0.6) is 5.75 Å². The number of nitriles is 1. The number of fused-ring (bicyclic) bond motifs is 1. The van der Waals surface area contributed by atoms with Crippen molar-refractivity contribution >= 4 is 38.5 Å². The van der Waals surface area contributed by atoms with Gasteiger partial charge in [0.1, 0.15) is 23.8 Å². The first-order valence-corrected chi connectivity index (χ1v) is 9.82. The van der Waals surface area contributed by atoms with Gasteiger partial charge in [0, 0.05) is 29.8 Å². The predicted octanol–water partition coefficient (Wildman–Crippen LogP) is 0.761. The van der Waals surface area contributed by atoms with Crippen molar-refractivity contribution in [1.29, 1.82) is 5.26 Å². The normalized spacial score (nSPS) is 19.3. The molecule has 2 fully saturated rings. The molecule has 12 heteroatoms. The molecular formula is C16H15FN6O4S. The molecule has 1 saturated carbocycles. The summed E-state index contributed by atoms with van der Waals surface area (Å²) in [5.41, 5.74) is -0.717. The summed E-state index contributed by atoms with van der Waals surface area (Å²) in [6.07, 6.45) is 2.23. The predicted molar refractivity (Wildman–Crippen MR) is 96.0 cm³/mol. The van der Waals surface area contributed by atoms with E-state index in [1.54, 1.807) is 4.72 Å². The SMILES string of the molecule is N#CCC1(CNc2cc3c(F)c(N4CC(=O)NS4(=O)=O)c(O)cc3nn2)CC1. The first-order valence-electron chi connectivity index (χ1n) is 8.38. The number of phenols is 1. The highest BCUT2D eigenvalue weighted by molar-refractivity contribution is 7.92. The summed E-state index contributed by atoms with van der Waals surface area (Å²) in [7, 11) is -4.29. The smallest absolute Gasteiger partial charge is 0.326 e. The highest BCUT2D eigenvalue weighted by atomic mass is 32.2. The number of nitrogens with zero attached hydrogens (tertiary/aromatic N) is 4. The molecule has 0 atom stereocenters. The molecule has 28 heavy (non-hydrogen) atoms. The second-order valence-electron chi connectivity index (χ2n) is 6.95. The van der Waals surface area contributed by atoms with E-state index in [9.17, 15) is 18.3 Å². The fraction of sp³-hybridized carbons (Fsp3) is 0.375. The van der Waals surface area contributed by atoms with E-state index in [2.05, 4.69) is 21.6 Å². The van der Waals surface area contributed by atoms with Crippen LogP contribution in [0.15, 0.2) is 12.1 Å². The molecule has 4 rings (SSSR count). The number of amides is 1. The van der Waals surface area contributed by atoms with Gasteiger partial charge >= 0.3 is 10.2 Å². The van der Waals surface area contributed by atoms with Crippen molar-refractivity contribution in [2.75, 3.05) is 22.7 Å². The van der Waals surface area contributed by atoms with Crippen molar-refractivity contribution in [3.8, 4) is 11.8 Å². The summed E-state index contributed by atoms with van der Waals surface area (Å²) in [6, 6.07) is 4.57. The number of phenolic OH excluding ortho intramolecular Hbond substituents is 1. The fourth-order valence-electron chi connectivity index (χ4n) is 3.13. The number of rotatable bonds is 5. The zero-order chi connectivity index (χ0) is 20.1. The van der Waals surface area contributed by atoms with Crippen LogP contribution in [-0.4, -0.2) is 42.7 Å². The van der Waals surface area contributed by atoms with Crippen LogP contribution in [0.2, 0.25) is 0 Å². The van der Waals surface area contributed by atoms with Crippen LogP contribution in [0.4, 0.5) is 15.9 Å². The molecule has 1 aliphatic heterocycles. The lowest BCUT2D eigenvalue weighted by Crippen LogP contribution is -2.30. The molecule has 0 radical (unpaired) electrons. The number of carbonyl (C=O) groups excluding carboxylic acids is 1. The lowest BCUT2D eigenvalue weighted by atomic mass is 10.0. The molecule has 3 N–H and O–H groups in total. The van der Waals surface area contributed by atoms with Gasteiger partial charge in [0.25, 0.3) is 5.91 Å². The molecule has 1 saturated heterocycles. The number of carbonyl (C=O) groups is 1. The van der Waals surface area contributed by atoms with Gasteiger partial charge in [0.2, 0.25) is 0 Å². The molecule has 2 aliphatic rings. The third-order valence-corrected chi connectivity index (χ3v) is 6.29. The number of nitrogens with one attached hydrogen (secondary N) is 2. The largest absolute Gasteiger partial charge is 0.506 e. The minimum absolute atomic E-state index is 0.0262. The molecule has 146 valence electrons. The summed E-state index contributed by atoms with van der Waals surface area (Å²) in [4.78, 5) is 11.4. The van der Waals surface area contributed by atoms with Crippen LogP contribution in [-0.2, 0) is 15.0 Å². The van der Waals surface area contributed by atoms with Gasteiger partial charge in [-0.3, -0.25) is 4.79 Å². The number of halogens is 1. The molecule has 1 aromatic carbocycles. The zero-order valence-electron chi connectivity index (χ0n) is 14.4. The molecule has 1 aromatic heterocycles. The minimum Gasteiger partial charge on any atom is -0.506 e. The van der Waals surface area contributed by atoms with Crippen molar-refractivity contribution in [2.24, 2.45) is 5.41 Å². The van der Waals surface area contributed by atoms with Gasteiger partial charge in [-0.2, -0.15) is 13.7 Å². The number of benzene rings is 1. The number of hydrogen-bond acceptors (Lipinski definition) is 8. The van der Waals surface area contributed by atoms with Gasteiger partial charge in [-0.25, -0.2) is 13.4 Å². The molecular weight excluding hydrogens is 391 g/mol. The van der Waals surface area contributed by atoms with Gasteiger partial charge in [0.05, 0.1) is 11.6 Å². The summed E-state index contributed by atoms with van der Waals surface area (Å²) in [5, 5.41) is 29.7. The highest BCUT2D eigenvalue weighted by Gasteiger charge is 2.42. The Morgan fingerprint density at radius 3 is 2.75 bits per heavy atom. The second-order valence-corrected chi connectivity index (χ2v) is 8.54. The average Bonchev–Trinajstić information content (AvgIpc) is 3.33. The van der Waals surface area contributed by atoms with Crippen molar-refractivity contribution < 1.29 is 22.7 Å². The Balaban J connectivity index is 1.71. The maximum absolute atomic E-state index is 15.1. The number of aromatic hydroxyl groups is 1. The third kappa shape index (κ3) is 3.03. The monoisotopic (exact) mass is 406 g/mol. The van der Waals surface area contributed by atoms with Crippen LogP contribution in [0, 0.1) is 22.6 Å². The van der Waals surface area contributed by atoms with Gasteiger partial charge in [0.15, 0.2) is 5.82 Å². The Hall–Kier alpha value is -3.20. The summed E-state index contributed by atoms with van der Waals surface area (Å²) in [6.45, 7) is -0.162. The van der Waals surface area contributed by atoms with Crippen LogP contribution in [0.1, 0.15) is 19.3 Å². The molecule has 0 unspecified atom stereocenters. The summed E-state index contributed by atoms with van der Waals surface area (Å²) >= 11 is 0. The van der Waals surface area contributed by atoms with Gasteiger partial charge in [-0.15, -0.1) is 10.2 Å². The van der Waals surface area contributed by atoms with Gasteiger partial charge in [-0.05, 0) is 18.9 Å². The fourth-order valence-corrected chi connectivity index (χ4v) is 4.29. The molecule has 0 spiro atoms. The first kappa shape index (κ1) is 18.2. The minimum atomic E-state index is -4.29. The summed E-state index contributed by atoms with van der Waals surface area (Å²) in [5.74, 6) is -2.29. The van der Waals surface area contributed by atoms with Crippen LogP contribution in [0.25, 0.3) is 10.9 Å². The topological polar surface area (TPSA) is 148 Å². The van der Waals surface area contributed by atoms with Gasteiger partial charge < -0.3 is 10.4 Å². The quantitative estimate of drug-likeness (QED) is 0.659. The molecule has 10 nitrogen and oxygen atoms in total. The number of hydrogen-bond donors (Lipinski definition) is 3. The Morgan fingerprint density at radius 2 is 2.14 bits per heavy atom. The average molecular weight is 406 g/mol. The lowest BCUT2D eigenvalue weighted by Gasteiger charge is -2.18. The highest BCUT2D eigenvalue weighted by Crippen LogP contribution is 2.48. The van der Waals surface area contributed by atoms with E-state index >= 15 is 4.39 Å². The molecule has 1 aliphatic carbocycles. The zero-order valence-corrected chi connectivity index (χ0v) is 15.3. The van der Waals surface area contributed by atoms with E-state index in [1.165, 1.54) is 6.07 Å². The Morgan fingerprint density at radius 1 is 1.39 bits per heavy atom. The Bertz CT molecular complexity index is 1140. The molecule has 0 bridgehead atoms. The standard InChI is InChI=1S/C16H15FN6O4S/c17-14-9-5-12(19-8-16(1-2-16)3-4-18)21-20-10(9)6-11(24)15(14)23-7-13(25)22-28(23,26)27/h5-6,24H,1-3,7-8H2,(H,19,21)(H,22,25). The van der Waals surface area contributed by atoms with E-state index in [-0.39, 0.29) is 22.1 Å². The molecule has 1 amide bonds. The first-order chi connectivity index (χ1) is 13.2. The second kappa shape index (κ2) is 6.16. The van der Waals surface area contributed by atoms with Gasteiger partial charge in [-0.1, -0.05) is 0 Å². The van der Waals surface area contributed by atoms with E-state index in [1.807, 2.05) is 0 Å². The molecule has 2 aromatic rings. The number of aromatic nitrogens is 2. The van der Waals surface area contributed by atoms with Crippen molar-refractivity contribution in [2.45, 2.75) is 19.3 Å². The molecule has 2 heterocycles. The maximum Gasteiger partial charge on any atom is 0.326 e. The van der Waals surface area contributed by atoms with Crippen molar-refractivity contribution in [1.82, 2.24) is 14.9 Å². The maximum atomic E-state index is 15.1. The Kier molecular flexibility index (Phi) is 4.00. The lowest BCUT2D eigenvalue weighted by molar-refractivity contribution is -0.117. The van der Waals surface area contributed by atoms with E-state index < -0.39 is 39.9 Å². The third-order valence-electron chi connectivity index (χ3n) is 4.91. The van der Waals surface area contributed by atoms with E-state index in [4.69, 9.17) is 5.26 Å². The Labute approximate surface area is 159 Å². The van der Waals surface area contributed by atoms with E-state index in [0.717, 1.165) is 18.9 Å². The van der Waals surface area contributed by atoms with Crippen molar-refractivity contribution in [3.63, 3.8) is 0 Å². The van der Waals surface area contributed by atoms with Crippen LogP contribution < -0.4 is 14.3 Å². The summed E-state index contributed by atoms with van der Waals surface area (Å²) < 4.78 is 41.3. The number of anilines is 2. The van der Waals surface area contributed by atoms with Crippen LogP contribution in [0.3, 0.4) is 0 Å². The van der Waals surface area contributed by atoms with Crippen LogP contribution >= 0.6 is 0 Å². The van der Waals surface area contributed by atoms with E-state index in [0.29, 0.717) is 17.3 Å². The van der Waals surface area contributed by atoms with Crippen molar-refractivity contribution in [3.05, 3.63) is 17.9 Å².